The van der Waals surface area contributed by atoms with Crippen LogP contribution < -0.4 is 10.6 Å². The Morgan fingerprint density at radius 1 is 1.21 bits per heavy atom. The minimum atomic E-state index is -1.22. The molecule has 1 atom stereocenters. The third kappa shape index (κ3) is 5.14. The normalized spacial score (nSPS) is 13.1. The third-order valence-electron chi connectivity index (χ3n) is 3.33. The predicted octanol–water partition coefficient (Wildman–Crippen LogP) is 2.05. The molecule has 2 rings (SSSR count). The van der Waals surface area contributed by atoms with Crippen LogP contribution in [0, 0.1) is 0 Å². The number of aliphatic hydroxyl groups is 1. The summed E-state index contributed by atoms with van der Waals surface area (Å²) in [5, 5.41) is 15.3. The van der Waals surface area contributed by atoms with Crippen molar-refractivity contribution in [3.05, 3.63) is 48.4 Å². The number of benzene rings is 1. The Balaban J connectivity index is 1.88. The molecule has 2 aromatic rings. The van der Waals surface area contributed by atoms with Crippen LogP contribution in [0.15, 0.2) is 52.0 Å². The van der Waals surface area contributed by atoms with Crippen LogP contribution in [0.5, 0.6) is 0 Å². The largest absolute Gasteiger partial charge is 0.469 e. The summed E-state index contributed by atoms with van der Waals surface area (Å²) in [7, 11) is 0. The lowest BCUT2D eigenvalue weighted by Crippen LogP contribution is -2.45. The summed E-state index contributed by atoms with van der Waals surface area (Å²) in [6, 6.07) is 10.7. The predicted molar refractivity (Wildman–Crippen MR) is 92.9 cm³/mol. The Bertz CT molecular complexity index is 698. The number of amides is 2. The quantitative estimate of drug-likeness (QED) is 0.549. The van der Waals surface area contributed by atoms with E-state index in [-0.39, 0.29) is 13.0 Å². The second-order valence-corrected chi connectivity index (χ2v) is 6.44. The van der Waals surface area contributed by atoms with Crippen LogP contribution in [0.25, 0.3) is 0 Å². The molecule has 1 aromatic carbocycles. The first-order chi connectivity index (χ1) is 11.4. The molecular weight excluding hydrogens is 328 g/mol. The second-order valence-electron chi connectivity index (χ2n) is 5.59. The van der Waals surface area contributed by atoms with Crippen LogP contribution in [0.2, 0.25) is 0 Å². The molecule has 0 bridgehead atoms. The van der Waals surface area contributed by atoms with Gasteiger partial charge in [-0.3, -0.25) is 9.59 Å². The van der Waals surface area contributed by atoms with E-state index in [2.05, 4.69) is 10.6 Å². The molecule has 0 spiro atoms. The van der Waals surface area contributed by atoms with E-state index in [4.69, 9.17) is 4.42 Å². The highest BCUT2D eigenvalue weighted by molar-refractivity contribution is 7.98. The van der Waals surface area contributed by atoms with Gasteiger partial charge in [0.25, 0.3) is 0 Å². The number of hydrogen-bond donors (Lipinski definition) is 3. The summed E-state index contributed by atoms with van der Waals surface area (Å²) in [5.41, 5.74) is -0.641. The van der Waals surface area contributed by atoms with Gasteiger partial charge >= 0.3 is 11.8 Å². The van der Waals surface area contributed by atoms with Crippen molar-refractivity contribution in [2.75, 3.05) is 18.1 Å². The average Bonchev–Trinajstić information content (AvgIpc) is 3.05. The van der Waals surface area contributed by atoms with E-state index in [0.29, 0.717) is 11.4 Å². The highest BCUT2D eigenvalue weighted by Gasteiger charge is 2.25. The number of carbonyl (C=O) groups is 2. The standard InChI is InChI=1S/C17H20N2O4S/c1-17(22,10-12-6-5-9-23-12)11-18-15(20)16(21)19-13-7-3-4-8-14(13)24-2/h3-9,22H,10-11H2,1-2H3,(H,18,20)(H,19,21)/t17-/m1/s1. The number of hydrogen-bond acceptors (Lipinski definition) is 5. The van der Waals surface area contributed by atoms with Crippen LogP contribution in [0.3, 0.4) is 0 Å². The molecule has 0 aliphatic carbocycles. The van der Waals surface area contributed by atoms with Crippen LogP contribution >= 0.6 is 11.8 Å². The Morgan fingerprint density at radius 2 is 1.96 bits per heavy atom. The second kappa shape index (κ2) is 8.03. The smallest absolute Gasteiger partial charge is 0.313 e. The van der Waals surface area contributed by atoms with Crippen molar-refractivity contribution in [1.82, 2.24) is 5.32 Å². The molecular formula is C17H20N2O4S. The van der Waals surface area contributed by atoms with Gasteiger partial charge in [0.2, 0.25) is 0 Å². The SMILES string of the molecule is CSc1ccccc1NC(=O)C(=O)NC[C@](C)(O)Cc1ccco1. The molecule has 24 heavy (non-hydrogen) atoms. The minimum Gasteiger partial charge on any atom is -0.469 e. The summed E-state index contributed by atoms with van der Waals surface area (Å²) in [6.45, 7) is 1.50. The fraction of sp³-hybridized carbons (Fsp3) is 0.294. The fourth-order valence-corrected chi connectivity index (χ4v) is 2.68. The van der Waals surface area contributed by atoms with Crippen molar-refractivity contribution >= 4 is 29.3 Å². The van der Waals surface area contributed by atoms with Crippen LogP contribution in [0.4, 0.5) is 5.69 Å². The van der Waals surface area contributed by atoms with E-state index in [1.165, 1.54) is 18.0 Å². The Hall–Kier alpha value is -2.25. The fourth-order valence-electron chi connectivity index (χ4n) is 2.13. The summed E-state index contributed by atoms with van der Waals surface area (Å²) in [6.07, 6.45) is 3.63. The van der Waals surface area contributed by atoms with E-state index >= 15 is 0 Å². The number of thioether (sulfide) groups is 1. The van der Waals surface area contributed by atoms with Gasteiger partial charge in [-0.25, -0.2) is 0 Å². The highest BCUT2D eigenvalue weighted by atomic mass is 32.2. The van der Waals surface area contributed by atoms with Crippen molar-refractivity contribution < 1.29 is 19.1 Å². The minimum absolute atomic E-state index is 0.0653. The molecule has 0 aliphatic heterocycles. The number of furan rings is 1. The van der Waals surface area contributed by atoms with Crippen LogP contribution in [0.1, 0.15) is 12.7 Å². The molecule has 128 valence electrons. The first-order valence-corrected chi connectivity index (χ1v) is 8.61. The number of carbonyl (C=O) groups excluding carboxylic acids is 2. The third-order valence-corrected chi connectivity index (χ3v) is 4.12. The van der Waals surface area contributed by atoms with Gasteiger partial charge in [0.1, 0.15) is 5.76 Å². The van der Waals surface area contributed by atoms with Gasteiger partial charge in [0.05, 0.1) is 17.6 Å². The van der Waals surface area contributed by atoms with Crippen LogP contribution in [-0.2, 0) is 16.0 Å². The summed E-state index contributed by atoms with van der Waals surface area (Å²) in [5.74, 6) is -0.969. The highest BCUT2D eigenvalue weighted by Crippen LogP contribution is 2.24. The molecule has 0 fully saturated rings. The van der Waals surface area contributed by atoms with Gasteiger partial charge in [-0.1, -0.05) is 12.1 Å². The van der Waals surface area contributed by atoms with E-state index in [0.717, 1.165) is 4.90 Å². The maximum Gasteiger partial charge on any atom is 0.313 e. The van der Waals surface area contributed by atoms with Crippen molar-refractivity contribution in [2.45, 2.75) is 23.8 Å². The Kier molecular flexibility index (Phi) is 6.05. The Labute approximate surface area is 144 Å². The van der Waals surface area contributed by atoms with Gasteiger partial charge in [0, 0.05) is 17.9 Å². The molecule has 0 radical (unpaired) electrons. The molecule has 0 unspecified atom stereocenters. The van der Waals surface area contributed by atoms with Crippen molar-refractivity contribution in [1.29, 1.82) is 0 Å². The number of anilines is 1. The van der Waals surface area contributed by atoms with Gasteiger partial charge in [-0.05, 0) is 37.4 Å². The van der Waals surface area contributed by atoms with E-state index in [9.17, 15) is 14.7 Å². The van der Waals surface area contributed by atoms with E-state index in [1.54, 1.807) is 31.2 Å². The molecule has 7 heteroatoms. The van der Waals surface area contributed by atoms with Crippen molar-refractivity contribution in [3.8, 4) is 0 Å². The van der Waals surface area contributed by atoms with Gasteiger partial charge < -0.3 is 20.2 Å². The number of para-hydroxylation sites is 1. The average molecular weight is 348 g/mol. The van der Waals surface area contributed by atoms with Crippen molar-refractivity contribution in [2.24, 2.45) is 0 Å². The molecule has 0 aliphatic rings. The van der Waals surface area contributed by atoms with Crippen LogP contribution in [-0.4, -0.2) is 35.3 Å². The van der Waals surface area contributed by atoms with E-state index in [1.807, 2.05) is 18.4 Å². The first-order valence-electron chi connectivity index (χ1n) is 7.38. The lowest BCUT2D eigenvalue weighted by molar-refractivity contribution is -0.136. The molecule has 3 N–H and O–H groups in total. The van der Waals surface area contributed by atoms with Gasteiger partial charge in [0.15, 0.2) is 0 Å². The zero-order valence-electron chi connectivity index (χ0n) is 13.5. The molecule has 6 nitrogen and oxygen atoms in total. The molecule has 1 aromatic heterocycles. The first kappa shape index (κ1) is 18.1. The maximum absolute atomic E-state index is 12.0. The molecule has 0 saturated heterocycles. The van der Waals surface area contributed by atoms with Gasteiger partial charge in [-0.15, -0.1) is 11.8 Å². The monoisotopic (exact) mass is 348 g/mol. The Morgan fingerprint density at radius 3 is 2.62 bits per heavy atom. The number of nitrogens with one attached hydrogen (secondary N) is 2. The summed E-state index contributed by atoms with van der Waals surface area (Å²) < 4.78 is 5.17. The lowest BCUT2D eigenvalue weighted by Gasteiger charge is -2.22. The maximum atomic E-state index is 12.0. The zero-order chi connectivity index (χ0) is 17.6. The van der Waals surface area contributed by atoms with Gasteiger partial charge in [-0.2, -0.15) is 0 Å². The molecule has 0 saturated carbocycles. The van der Waals surface area contributed by atoms with E-state index < -0.39 is 17.4 Å². The zero-order valence-corrected chi connectivity index (χ0v) is 14.4. The topological polar surface area (TPSA) is 91.6 Å². The molecule has 1 heterocycles. The molecule has 2 amide bonds. The summed E-state index contributed by atoms with van der Waals surface area (Å²) >= 11 is 1.47. The van der Waals surface area contributed by atoms with Crippen molar-refractivity contribution in [3.63, 3.8) is 0 Å². The number of rotatable bonds is 6. The summed E-state index contributed by atoms with van der Waals surface area (Å²) in [4.78, 5) is 24.8. The lowest BCUT2D eigenvalue weighted by atomic mass is 10.0.